The minimum atomic E-state index is -0.133. The van der Waals surface area contributed by atoms with Crippen LogP contribution in [-0.2, 0) is 4.79 Å². The Labute approximate surface area is 91.5 Å². The zero-order chi connectivity index (χ0) is 10.7. The maximum absolute atomic E-state index is 10.6. The van der Waals surface area contributed by atoms with Gasteiger partial charge in [0, 0.05) is 12.0 Å². The quantitative estimate of drug-likeness (QED) is 0.698. The Kier molecular flexibility index (Phi) is 3.76. The topological polar surface area (TPSA) is 40.5 Å². The predicted molar refractivity (Wildman–Crippen MR) is 58.6 cm³/mol. The highest BCUT2D eigenvalue weighted by atomic mass is 16.3. The van der Waals surface area contributed by atoms with Crippen LogP contribution >= 0.6 is 0 Å². The molecular weight excluding hydrogens is 190 g/mol. The van der Waals surface area contributed by atoms with Crippen LogP contribution in [0.5, 0.6) is 0 Å². The molecule has 3 heteroatoms. The van der Waals surface area contributed by atoms with Crippen LogP contribution in [0.2, 0.25) is 0 Å². The maximum atomic E-state index is 10.6. The third-order valence-corrected chi connectivity index (χ3v) is 3.93. The van der Waals surface area contributed by atoms with Crippen LogP contribution in [-0.4, -0.2) is 41.5 Å². The lowest BCUT2D eigenvalue weighted by molar-refractivity contribution is -0.112. The average Bonchev–Trinajstić information content (AvgIpc) is 2.30. The van der Waals surface area contributed by atoms with Gasteiger partial charge in [0.25, 0.3) is 0 Å². The lowest BCUT2D eigenvalue weighted by Gasteiger charge is -2.40. The molecule has 0 aromatic rings. The zero-order valence-corrected chi connectivity index (χ0v) is 9.27. The Morgan fingerprint density at radius 3 is 2.33 bits per heavy atom. The SMILES string of the molecule is O=CC1CCN(C2CCCCC2O)CC1. The van der Waals surface area contributed by atoms with Gasteiger partial charge in [0.05, 0.1) is 6.10 Å². The summed E-state index contributed by atoms with van der Waals surface area (Å²) in [6, 6.07) is 0.367. The summed E-state index contributed by atoms with van der Waals surface area (Å²) in [6.45, 7) is 1.98. The van der Waals surface area contributed by atoms with Crippen molar-refractivity contribution in [2.75, 3.05) is 13.1 Å². The Balaban J connectivity index is 1.86. The van der Waals surface area contributed by atoms with Crippen molar-refractivity contribution in [2.24, 2.45) is 5.92 Å². The monoisotopic (exact) mass is 211 g/mol. The number of aliphatic hydroxyl groups excluding tert-OH is 1. The Hall–Kier alpha value is -0.410. The third-order valence-electron chi connectivity index (χ3n) is 3.93. The van der Waals surface area contributed by atoms with Crippen LogP contribution in [0.15, 0.2) is 0 Å². The molecule has 1 saturated heterocycles. The van der Waals surface area contributed by atoms with Gasteiger partial charge in [-0.1, -0.05) is 12.8 Å². The van der Waals surface area contributed by atoms with E-state index in [0.717, 1.165) is 45.1 Å². The van der Waals surface area contributed by atoms with Crippen molar-refractivity contribution in [1.29, 1.82) is 0 Å². The summed E-state index contributed by atoms with van der Waals surface area (Å²) in [4.78, 5) is 13.0. The highest BCUT2D eigenvalue weighted by molar-refractivity contribution is 5.53. The van der Waals surface area contributed by atoms with E-state index >= 15 is 0 Å². The van der Waals surface area contributed by atoms with Crippen LogP contribution in [0.4, 0.5) is 0 Å². The van der Waals surface area contributed by atoms with Crippen LogP contribution in [0.1, 0.15) is 38.5 Å². The van der Waals surface area contributed by atoms with Crippen molar-refractivity contribution >= 4 is 6.29 Å². The van der Waals surface area contributed by atoms with Gasteiger partial charge in [-0.2, -0.15) is 0 Å². The van der Waals surface area contributed by atoms with Gasteiger partial charge in [-0.05, 0) is 38.8 Å². The van der Waals surface area contributed by atoms with Crippen LogP contribution in [0.25, 0.3) is 0 Å². The molecule has 2 rings (SSSR count). The first-order valence-electron chi connectivity index (χ1n) is 6.18. The molecule has 1 saturated carbocycles. The first-order chi connectivity index (χ1) is 7.31. The number of carbonyl (C=O) groups excluding carboxylic acids is 1. The molecule has 15 heavy (non-hydrogen) atoms. The van der Waals surface area contributed by atoms with Crippen molar-refractivity contribution in [3.05, 3.63) is 0 Å². The van der Waals surface area contributed by atoms with Gasteiger partial charge in [0.2, 0.25) is 0 Å². The van der Waals surface area contributed by atoms with Crippen molar-refractivity contribution in [1.82, 2.24) is 4.90 Å². The first kappa shape index (κ1) is 11.1. The summed E-state index contributed by atoms with van der Waals surface area (Å²) < 4.78 is 0. The molecule has 86 valence electrons. The molecule has 0 aromatic heterocycles. The van der Waals surface area contributed by atoms with Gasteiger partial charge in [-0.3, -0.25) is 4.90 Å². The van der Waals surface area contributed by atoms with E-state index in [9.17, 15) is 9.90 Å². The number of hydrogen-bond donors (Lipinski definition) is 1. The fourth-order valence-corrected chi connectivity index (χ4v) is 2.90. The van der Waals surface area contributed by atoms with E-state index in [4.69, 9.17) is 0 Å². The van der Waals surface area contributed by atoms with Gasteiger partial charge in [-0.15, -0.1) is 0 Å². The van der Waals surface area contributed by atoms with Crippen LogP contribution in [0.3, 0.4) is 0 Å². The fraction of sp³-hybridized carbons (Fsp3) is 0.917. The third kappa shape index (κ3) is 2.58. The molecule has 0 aromatic carbocycles. The zero-order valence-electron chi connectivity index (χ0n) is 9.27. The van der Waals surface area contributed by atoms with Crippen LogP contribution < -0.4 is 0 Å². The smallest absolute Gasteiger partial charge is 0.123 e. The summed E-state index contributed by atoms with van der Waals surface area (Å²) in [5.41, 5.74) is 0. The Morgan fingerprint density at radius 2 is 1.73 bits per heavy atom. The molecule has 1 aliphatic heterocycles. The van der Waals surface area contributed by atoms with Crippen molar-refractivity contribution < 1.29 is 9.90 Å². The molecule has 3 nitrogen and oxygen atoms in total. The fourth-order valence-electron chi connectivity index (χ4n) is 2.90. The number of aliphatic hydroxyl groups is 1. The van der Waals surface area contributed by atoms with E-state index in [0.29, 0.717) is 6.04 Å². The number of rotatable bonds is 2. The van der Waals surface area contributed by atoms with Crippen molar-refractivity contribution in [3.63, 3.8) is 0 Å². The second-order valence-electron chi connectivity index (χ2n) is 4.93. The van der Waals surface area contributed by atoms with Crippen LogP contribution in [0, 0.1) is 5.92 Å². The molecule has 0 spiro atoms. The standard InChI is InChI=1S/C12H21NO2/c14-9-10-5-7-13(8-6-10)11-3-1-2-4-12(11)15/h9-12,15H,1-8H2. The molecule has 0 bridgehead atoms. The van der Waals surface area contributed by atoms with Gasteiger partial charge in [0.15, 0.2) is 0 Å². The van der Waals surface area contributed by atoms with Gasteiger partial charge in [0.1, 0.15) is 6.29 Å². The number of nitrogens with zero attached hydrogens (tertiary/aromatic N) is 1. The van der Waals surface area contributed by atoms with Crippen molar-refractivity contribution in [2.45, 2.75) is 50.7 Å². The normalized spacial score (nSPS) is 35.3. The summed E-state index contributed by atoms with van der Waals surface area (Å²) >= 11 is 0. The number of hydrogen-bond acceptors (Lipinski definition) is 3. The molecule has 1 heterocycles. The Bertz CT molecular complexity index is 212. The molecule has 2 fully saturated rings. The number of aldehydes is 1. The minimum Gasteiger partial charge on any atom is -0.391 e. The maximum Gasteiger partial charge on any atom is 0.123 e. The number of likely N-dealkylation sites (tertiary alicyclic amines) is 1. The van der Waals surface area contributed by atoms with Gasteiger partial charge in [-0.25, -0.2) is 0 Å². The predicted octanol–water partition coefficient (Wildman–Crippen LogP) is 1.20. The molecular formula is C12H21NO2. The second-order valence-corrected chi connectivity index (χ2v) is 4.93. The summed E-state index contributed by atoms with van der Waals surface area (Å²) in [6.07, 6.45) is 7.42. The molecule has 1 aliphatic carbocycles. The lowest BCUT2D eigenvalue weighted by Crippen LogP contribution is -2.48. The average molecular weight is 211 g/mol. The minimum absolute atomic E-state index is 0.133. The second kappa shape index (κ2) is 5.08. The highest BCUT2D eigenvalue weighted by Gasteiger charge is 2.31. The Morgan fingerprint density at radius 1 is 1.07 bits per heavy atom. The van der Waals surface area contributed by atoms with E-state index in [-0.39, 0.29) is 12.0 Å². The van der Waals surface area contributed by atoms with E-state index in [1.807, 2.05) is 0 Å². The summed E-state index contributed by atoms with van der Waals surface area (Å²) in [5, 5.41) is 9.93. The molecule has 2 unspecified atom stereocenters. The largest absolute Gasteiger partial charge is 0.391 e. The number of piperidine rings is 1. The number of carbonyl (C=O) groups is 1. The van der Waals surface area contributed by atoms with Crippen molar-refractivity contribution in [3.8, 4) is 0 Å². The molecule has 0 radical (unpaired) electrons. The summed E-state index contributed by atoms with van der Waals surface area (Å²) in [5.74, 6) is 0.266. The van der Waals surface area contributed by atoms with E-state index < -0.39 is 0 Å². The molecule has 1 N–H and O–H groups in total. The highest BCUT2D eigenvalue weighted by Crippen LogP contribution is 2.26. The molecule has 2 aliphatic rings. The van der Waals surface area contributed by atoms with E-state index in [1.54, 1.807) is 0 Å². The molecule has 0 amide bonds. The lowest BCUT2D eigenvalue weighted by atomic mass is 9.88. The van der Waals surface area contributed by atoms with E-state index in [1.165, 1.54) is 12.8 Å². The summed E-state index contributed by atoms with van der Waals surface area (Å²) in [7, 11) is 0. The van der Waals surface area contributed by atoms with Gasteiger partial charge >= 0.3 is 0 Å². The first-order valence-corrected chi connectivity index (χ1v) is 6.18. The molecule has 2 atom stereocenters. The van der Waals surface area contributed by atoms with E-state index in [2.05, 4.69) is 4.90 Å². The van der Waals surface area contributed by atoms with Gasteiger partial charge < -0.3 is 9.90 Å².